The molecule has 1 aliphatic carbocycles. The van der Waals surface area contributed by atoms with Crippen LogP contribution in [0.5, 0.6) is 17.2 Å². The van der Waals surface area contributed by atoms with Crippen LogP contribution < -0.4 is 4.74 Å². The molecule has 2 aliphatic rings. The highest BCUT2D eigenvalue weighted by Crippen LogP contribution is 2.54. The fourth-order valence-corrected chi connectivity index (χ4v) is 5.73. The second-order valence-corrected chi connectivity index (χ2v) is 11.1. The Bertz CT molecular complexity index is 1200. The number of phenolic OH excluding ortho intramolecular Hbond substituents is 2. The maximum atomic E-state index is 11.7. The van der Waals surface area contributed by atoms with E-state index in [1.165, 1.54) is 0 Å². The number of aldehydes is 1. The lowest BCUT2D eigenvalue weighted by molar-refractivity contribution is -0.138. The highest BCUT2D eigenvalue weighted by Gasteiger charge is 2.54. The van der Waals surface area contributed by atoms with E-state index in [0.29, 0.717) is 41.7 Å². The quantitative estimate of drug-likeness (QED) is 0.277. The molecule has 0 spiro atoms. The van der Waals surface area contributed by atoms with E-state index in [2.05, 4.69) is 20.8 Å². The molecule has 3 atom stereocenters. The zero-order valence-corrected chi connectivity index (χ0v) is 21.3. The molecule has 5 heteroatoms. The molecule has 0 unspecified atom stereocenters. The molecule has 1 fully saturated rings. The third-order valence-electron chi connectivity index (χ3n) is 7.93. The molecule has 2 aromatic rings. The molecule has 1 aliphatic heterocycles. The van der Waals surface area contributed by atoms with Crippen molar-refractivity contribution < 1.29 is 24.9 Å². The maximum absolute atomic E-state index is 11.7. The molecular formula is C30H36O5. The first-order valence-corrected chi connectivity index (χ1v) is 12.3. The summed E-state index contributed by atoms with van der Waals surface area (Å²) in [6, 6.07) is 7.09. The number of ether oxygens (including phenoxy) is 1. The zero-order chi connectivity index (χ0) is 25.5. The third kappa shape index (κ3) is 4.74. The van der Waals surface area contributed by atoms with Gasteiger partial charge in [-0.15, -0.1) is 0 Å². The Morgan fingerprint density at radius 3 is 2.37 bits per heavy atom. The lowest BCUT2D eigenvalue weighted by Gasteiger charge is -2.55. The summed E-state index contributed by atoms with van der Waals surface area (Å²) in [6.45, 7) is 10.2. The average Bonchev–Trinajstić information content (AvgIpc) is 2.79. The van der Waals surface area contributed by atoms with Gasteiger partial charge in [-0.2, -0.15) is 0 Å². The number of phenols is 2. The number of carbonyl (C=O) groups excluding carboxylic acids is 1. The third-order valence-corrected chi connectivity index (χ3v) is 7.93. The van der Waals surface area contributed by atoms with E-state index in [9.17, 15) is 20.1 Å². The van der Waals surface area contributed by atoms with E-state index in [4.69, 9.17) is 4.74 Å². The summed E-state index contributed by atoms with van der Waals surface area (Å²) in [4.78, 5) is 11.7. The van der Waals surface area contributed by atoms with Gasteiger partial charge in [0, 0.05) is 17.0 Å². The highest BCUT2D eigenvalue weighted by molar-refractivity contribution is 5.82. The van der Waals surface area contributed by atoms with Gasteiger partial charge >= 0.3 is 0 Å². The van der Waals surface area contributed by atoms with Crippen molar-refractivity contribution >= 4 is 18.4 Å². The molecule has 186 valence electrons. The molecule has 4 rings (SSSR count). The first kappa shape index (κ1) is 25.1. The minimum Gasteiger partial charge on any atom is -0.508 e. The zero-order valence-electron chi connectivity index (χ0n) is 21.3. The van der Waals surface area contributed by atoms with Crippen LogP contribution in [0.15, 0.2) is 35.9 Å². The highest BCUT2D eigenvalue weighted by atomic mass is 16.5. The fraction of sp³-hybridized carbons (Fsp3) is 0.433. The molecule has 0 saturated heterocycles. The van der Waals surface area contributed by atoms with Gasteiger partial charge in [-0.05, 0) is 92.8 Å². The second-order valence-electron chi connectivity index (χ2n) is 11.1. The number of allylic oxidation sites excluding steroid dienone is 2. The summed E-state index contributed by atoms with van der Waals surface area (Å²) < 4.78 is 6.39. The number of aliphatic hydroxyl groups is 1. The average molecular weight is 477 g/mol. The van der Waals surface area contributed by atoms with E-state index in [1.807, 2.05) is 38.1 Å². The summed E-state index contributed by atoms with van der Waals surface area (Å²) >= 11 is 0. The Hall–Kier alpha value is -3.05. The van der Waals surface area contributed by atoms with Gasteiger partial charge in [0.2, 0.25) is 0 Å². The first-order valence-electron chi connectivity index (χ1n) is 12.3. The summed E-state index contributed by atoms with van der Waals surface area (Å²) in [5.41, 5.74) is 3.87. The molecule has 35 heavy (non-hydrogen) atoms. The van der Waals surface area contributed by atoms with Gasteiger partial charge in [0.15, 0.2) is 11.5 Å². The van der Waals surface area contributed by atoms with E-state index >= 15 is 0 Å². The van der Waals surface area contributed by atoms with Gasteiger partial charge in [-0.25, -0.2) is 0 Å². The number of aliphatic hydroxyl groups excluding tert-OH is 1. The normalized spacial score (nSPS) is 24.9. The molecule has 1 saturated carbocycles. The monoisotopic (exact) mass is 476 g/mol. The van der Waals surface area contributed by atoms with Crippen LogP contribution in [0.1, 0.15) is 80.1 Å². The van der Waals surface area contributed by atoms with Crippen molar-refractivity contribution in [2.24, 2.45) is 11.3 Å². The predicted octanol–water partition coefficient (Wildman–Crippen LogP) is 6.08. The lowest BCUT2D eigenvalue weighted by atomic mass is 9.57. The lowest BCUT2D eigenvalue weighted by Crippen LogP contribution is -2.58. The van der Waals surface area contributed by atoms with Crippen LogP contribution in [-0.2, 0) is 12.8 Å². The Balaban J connectivity index is 1.64. The van der Waals surface area contributed by atoms with E-state index in [1.54, 1.807) is 18.2 Å². The van der Waals surface area contributed by atoms with Gasteiger partial charge in [-0.3, -0.25) is 4.79 Å². The van der Waals surface area contributed by atoms with Crippen LogP contribution in [0.3, 0.4) is 0 Å². The molecule has 0 amide bonds. The largest absolute Gasteiger partial charge is 0.508 e. The van der Waals surface area contributed by atoms with Crippen molar-refractivity contribution in [3.8, 4) is 17.2 Å². The summed E-state index contributed by atoms with van der Waals surface area (Å²) in [7, 11) is 0. The van der Waals surface area contributed by atoms with Crippen LogP contribution in [0.2, 0.25) is 0 Å². The number of aromatic hydroxyl groups is 2. The van der Waals surface area contributed by atoms with Gasteiger partial charge in [0.05, 0.1) is 6.10 Å². The van der Waals surface area contributed by atoms with Gasteiger partial charge in [0.1, 0.15) is 17.6 Å². The summed E-state index contributed by atoms with van der Waals surface area (Å²) in [6.07, 6.45) is 8.67. The minimum atomic E-state index is -0.430. The SMILES string of the molecule is CC(C)=CCc1c(O)cc(/C=C/c2cc(O)c3c(c2)C[C@@H]2C(C)(C)[C@H](O)CC[C@@]2(C)O3)cc1C=O. The van der Waals surface area contributed by atoms with Gasteiger partial charge in [0.25, 0.3) is 0 Å². The van der Waals surface area contributed by atoms with Crippen LogP contribution in [0.25, 0.3) is 12.2 Å². The smallest absolute Gasteiger partial charge is 0.164 e. The molecule has 0 aromatic heterocycles. The van der Waals surface area contributed by atoms with Crippen LogP contribution >= 0.6 is 0 Å². The number of hydrogen-bond donors (Lipinski definition) is 3. The standard InChI is InChI=1S/C30H36O5/c1-18(2)6-9-23-22(17-31)13-20(14-24(23)32)8-7-19-12-21-16-26-29(3,4)27(34)10-11-30(26,5)35-28(21)25(33)15-19/h6-8,12-15,17,26-27,32-34H,9-11,16H2,1-5H3/b8-7+/t26-,27-,30-/m1/s1. The Morgan fingerprint density at radius 1 is 1.06 bits per heavy atom. The van der Waals surface area contributed by atoms with E-state index in [0.717, 1.165) is 29.4 Å². The predicted molar refractivity (Wildman–Crippen MR) is 139 cm³/mol. The van der Waals surface area contributed by atoms with Crippen LogP contribution in [0.4, 0.5) is 0 Å². The van der Waals surface area contributed by atoms with Gasteiger partial charge < -0.3 is 20.1 Å². The number of fused-ring (bicyclic) bond motifs is 2. The summed E-state index contributed by atoms with van der Waals surface area (Å²) in [5, 5.41) is 31.9. The van der Waals surface area contributed by atoms with Crippen molar-refractivity contribution in [1.29, 1.82) is 0 Å². The number of benzene rings is 2. The minimum absolute atomic E-state index is 0.0887. The topological polar surface area (TPSA) is 87.0 Å². The summed E-state index contributed by atoms with van der Waals surface area (Å²) in [5.74, 6) is 0.827. The Kier molecular flexibility index (Phi) is 6.58. The Morgan fingerprint density at radius 2 is 1.71 bits per heavy atom. The van der Waals surface area contributed by atoms with Crippen molar-refractivity contribution in [3.05, 3.63) is 63.7 Å². The van der Waals surface area contributed by atoms with Crippen molar-refractivity contribution in [1.82, 2.24) is 0 Å². The molecule has 5 nitrogen and oxygen atoms in total. The molecule has 0 radical (unpaired) electrons. The van der Waals surface area contributed by atoms with Crippen molar-refractivity contribution in [3.63, 3.8) is 0 Å². The molecule has 1 heterocycles. The van der Waals surface area contributed by atoms with Gasteiger partial charge in [-0.1, -0.05) is 37.6 Å². The molecule has 3 N–H and O–H groups in total. The molecule has 0 bridgehead atoms. The fourth-order valence-electron chi connectivity index (χ4n) is 5.73. The van der Waals surface area contributed by atoms with E-state index in [-0.39, 0.29) is 28.9 Å². The molecule has 2 aromatic carbocycles. The van der Waals surface area contributed by atoms with Crippen LogP contribution in [0, 0.1) is 11.3 Å². The number of hydrogen-bond acceptors (Lipinski definition) is 5. The maximum Gasteiger partial charge on any atom is 0.164 e. The van der Waals surface area contributed by atoms with Crippen molar-refractivity contribution in [2.45, 2.75) is 72.0 Å². The van der Waals surface area contributed by atoms with Crippen molar-refractivity contribution in [2.75, 3.05) is 0 Å². The molecular weight excluding hydrogens is 440 g/mol. The Labute approximate surface area is 207 Å². The number of carbonyl (C=O) groups is 1. The first-order chi connectivity index (χ1) is 16.4. The number of rotatable bonds is 5. The van der Waals surface area contributed by atoms with Crippen LogP contribution in [-0.4, -0.2) is 33.3 Å². The second kappa shape index (κ2) is 9.19. The van der Waals surface area contributed by atoms with E-state index < -0.39 is 5.60 Å².